The average molecular weight is 263 g/mol. The van der Waals surface area contributed by atoms with E-state index in [4.69, 9.17) is 5.73 Å². The summed E-state index contributed by atoms with van der Waals surface area (Å²) in [7, 11) is 0. The molecule has 2 rings (SSSR count). The number of amides is 1. The molecule has 1 aliphatic rings. The molecule has 104 valence electrons. The maximum Gasteiger partial charge on any atom is 0.239 e. The van der Waals surface area contributed by atoms with Gasteiger partial charge in [0, 0.05) is 17.5 Å². The zero-order valence-corrected chi connectivity index (χ0v) is 11.7. The second-order valence-corrected chi connectivity index (χ2v) is 5.29. The van der Waals surface area contributed by atoms with Crippen molar-refractivity contribution in [1.82, 2.24) is 15.3 Å². The Balaban J connectivity index is 2.04. The van der Waals surface area contributed by atoms with Gasteiger partial charge in [0.25, 0.3) is 0 Å². The van der Waals surface area contributed by atoms with Crippen molar-refractivity contribution in [3.05, 3.63) is 11.4 Å². The molecule has 4 N–H and O–H groups in total. The van der Waals surface area contributed by atoms with Crippen LogP contribution in [0.15, 0.2) is 0 Å². The quantitative estimate of drug-likeness (QED) is 0.741. The maximum absolute atomic E-state index is 11.6. The van der Waals surface area contributed by atoms with E-state index in [1.165, 1.54) is 0 Å². The lowest BCUT2D eigenvalue weighted by molar-refractivity contribution is -0.119. The third-order valence-electron chi connectivity index (χ3n) is 3.01. The van der Waals surface area contributed by atoms with Crippen molar-refractivity contribution in [3.8, 4) is 0 Å². The fraction of sp³-hybridized carbons (Fsp3) is 0.615. The molecule has 6 heteroatoms. The predicted molar refractivity (Wildman–Crippen MR) is 74.9 cm³/mol. The lowest BCUT2D eigenvalue weighted by Gasteiger charge is -2.13. The Kier molecular flexibility index (Phi) is 3.87. The van der Waals surface area contributed by atoms with Gasteiger partial charge in [-0.3, -0.25) is 4.79 Å². The first-order chi connectivity index (χ1) is 8.97. The number of carbonyl (C=O) groups is 1. The van der Waals surface area contributed by atoms with Crippen molar-refractivity contribution in [3.63, 3.8) is 0 Å². The highest BCUT2D eigenvalue weighted by Crippen LogP contribution is 2.39. The minimum Gasteiger partial charge on any atom is -0.383 e. The number of hydrogen-bond acceptors (Lipinski definition) is 5. The van der Waals surface area contributed by atoms with E-state index < -0.39 is 0 Å². The van der Waals surface area contributed by atoms with E-state index in [1.54, 1.807) is 0 Å². The average Bonchev–Trinajstić information content (AvgIpc) is 3.14. The van der Waals surface area contributed by atoms with Crippen molar-refractivity contribution in [2.24, 2.45) is 0 Å². The highest BCUT2D eigenvalue weighted by Gasteiger charge is 2.27. The lowest BCUT2D eigenvalue weighted by atomic mass is 10.3. The van der Waals surface area contributed by atoms with Crippen LogP contribution in [0.3, 0.4) is 0 Å². The Bertz CT molecular complexity index is 482. The Morgan fingerprint density at radius 3 is 2.68 bits per heavy atom. The number of aromatic nitrogens is 2. The van der Waals surface area contributed by atoms with Gasteiger partial charge in [-0.25, -0.2) is 9.97 Å². The van der Waals surface area contributed by atoms with Gasteiger partial charge in [-0.05, 0) is 33.6 Å². The molecule has 0 aliphatic heterocycles. The summed E-state index contributed by atoms with van der Waals surface area (Å²) < 4.78 is 0. The molecule has 0 radical (unpaired) electrons. The number of nitrogens with one attached hydrogen (secondary N) is 2. The molecular formula is C13H21N5O. The van der Waals surface area contributed by atoms with Gasteiger partial charge in [-0.2, -0.15) is 0 Å². The maximum atomic E-state index is 11.6. The van der Waals surface area contributed by atoms with E-state index in [1.807, 2.05) is 20.8 Å². The van der Waals surface area contributed by atoms with Gasteiger partial charge in [0.2, 0.25) is 5.91 Å². The second-order valence-electron chi connectivity index (χ2n) is 5.29. The number of anilines is 2. The van der Waals surface area contributed by atoms with Crippen LogP contribution in [0.2, 0.25) is 0 Å². The zero-order valence-electron chi connectivity index (χ0n) is 11.7. The van der Waals surface area contributed by atoms with Crippen molar-refractivity contribution in [1.29, 1.82) is 0 Å². The van der Waals surface area contributed by atoms with Crippen LogP contribution in [-0.4, -0.2) is 28.5 Å². The van der Waals surface area contributed by atoms with E-state index in [2.05, 4.69) is 20.6 Å². The fourth-order valence-electron chi connectivity index (χ4n) is 1.79. The highest BCUT2D eigenvalue weighted by atomic mass is 16.1. The summed E-state index contributed by atoms with van der Waals surface area (Å²) in [5.74, 6) is 2.32. The third kappa shape index (κ3) is 3.56. The van der Waals surface area contributed by atoms with Gasteiger partial charge in [-0.15, -0.1) is 0 Å². The highest BCUT2D eigenvalue weighted by molar-refractivity contribution is 5.81. The number of carbonyl (C=O) groups excluding carboxylic acids is 1. The van der Waals surface area contributed by atoms with Gasteiger partial charge in [-0.1, -0.05) is 0 Å². The molecular weight excluding hydrogens is 242 g/mol. The van der Waals surface area contributed by atoms with E-state index >= 15 is 0 Å². The Morgan fingerprint density at radius 2 is 2.11 bits per heavy atom. The van der Waals surface area contributed by atoms with Gasteiger partial charge in [0.1, 0.15) is 17.5 Å². The second kappa shape index (κ2) is 5.42. The molecule has 1 heterocycles. The molecule has 0 aromatic carbocycles. The van der Waals surface area contributed by atoms with E-state index in [0.717, 1.165) is 24.2 Å². The summed E-state index contributed by atoms with van der Waals surface area (Å²) >= 11 is 0. The number of hydrogen-bond donors (Lipinski definition) is 3. The molecule has 1 saturated carbocycles. The standard InChI is InChI=1S/C13H21N5O/c1-7(2)16-10(19)6-15-12-8(3)11(14)17-13(18-12)9-4-5-9/h7,9H,4-6H2,1-3H3,(H,16,19)(H3,14,15,17,18). The largest absolute Gasteiger partial charge is 0.383 e. The van der Waals surface area contributed by atoms with Crippen molar-refractivity contribution >= 4 is 17.5 Å². The molecule has 0 atom stereocenters. The zero-order chi connectivity index (χ0) is 14.0. The van der Waals surface area contributed by atoms with E-state index in [9.17, 15) is 4.79 Å². The first-order valence-electron chi connectivity index (χ1n) is 6.64. The molecule has 1 aromatic heterocycles. The predicted octanol–water partition coefficient (Wildman–Crippen LogP) is 1.18. The molecule has 19 heavy (non-hydrogen) atoms. The minimum atomic E-state index is -0.0560. The van der Waals surface area contributed by atoms with Crippen LogP contribution in [0.25, 0.3) is 0 Å². The normalized spacial score (nSPS) is 14.5. The Hall–Kier alpha value is -1.85. The van der Waals surface area contributed by atoms with Crippen LogP contribution in [0, 0.1) is 6.92 Å². The summed E-state index contributed by atoms with van der Waals surface area (Å²) in [6.07, 6.45) is 2.24. The number of nitrogens with two attached hydrogens (primary N) is 1. The monoisotopic (exact) mass is 263 g/mol. The van der Waals surface area contributed by atoms with Gasteiger partial charge >= 0.3 is 0 Å². The molecule has 1 aliphatic carbocycles. The summed E-state index contributed by atoms with van der Waals surface area (Å²) in [5.41, 5.74) is 6.68. The molecule has 1 amide bonds. The van der Waals surface area contributed by atoms with Gasteiger partial charge < -0.3 is 16.4 Å². The Morgan fingerprint density at radius 1 is 1.42 bits per heavy atom. The SMILES string of the molecule is Cc1c(N)nc(C2CC2)nc1NCC(=O)NC(C)C. The van der Waals surface area contributed by atoms with Crippen LogP contribution in [0.5, 0.6) is 0 Å². The Labute approximate surface area is 113 Å². The van der Waals surface area contributed by atoms with Gasteiger partial charge in [0.15, 0.2) is 0 Å². The first-order valence-corrected chi connectivity index (χ1v) is 6.64. The summed E-state index contributed by atoms with van der Waals surface area (Å²) in [6, 6.07) is 0.132. The van der Waals surface area contributed by atoms with Crippen molar-refractivity contribution in [2.45, 2.75) is 45.6 Å². The smallest absolute Gasteiger partial charge is 0.239 e. The number of nitrogen functional groups attached to an aromatic ring is 1. The molecule has 0 spiro atoms. The van der Waals surface area contributed by atoms with Crippen molar-refractivity contribution < 1.29 is 4.79 Å². The van der Waals surface area contributed by atoms with Crippen LogP contribution in [-0.2, 0) is 4.79 Å². The topological polar surface area (TPSA) is 92.9 Å². The molecule has 1 aromatic rings. The van der Waals surface area contributed by atoms with Crippen LogP contribution >= 0.6 is 0 Å². The summed E-state index contributed by atoms with van der Waals surface area (Å²) in [5, 5.41) is 5.86. The molecule has 0 unspecified atom stereocenters. The van der Waals surface area contributed by atoms with Crippen molar-refractivity contribution in [2.75, 3.05) is 17.6 Å². The minimum absolute atomic E-state index is 0.0560. The molecule has 0 bridgehead atoms. The van der Waals surface area contributed by atoms with Crippen LogP contribution in [0.1, 0.15) is 44.0 Å². The number of nitrogens with zero attached hydrogens (tertiary/aromatic N) is 2. The summed E-state index contributed by atoms with van der Waals surface area (Å²) in [4.78, 5) is 20.4. The van der Waals surface area contributed by atoms with Crippen LogP contribution < -0.4 is 16.4 Å². The lowest BCUT2D eigenvalue weighted by Crippen LogP contribution is -2.35. The third-order valence-corrected chi connectivity index (χ3v) is 3.01. The van der Waals surface area contributed by atoms with E-state index in [-0.39, 0.29) is 18.5 Å². The van der Waals surface area contributed by atoms with Gasteiger partial charge in [0.05, 0.1) is 6.54 Å². The number of rotatable bonds is 5. The first kappa shape index (κ1) is 13.6. The fourth-order valence-corrected chi connectivity index (χ4v) is 1.79. The van der Waals surface area contributed by atoms with Crippen LogP contribution in [0.4, 0.5) is 11.6 Å². The summed E-state index contributed by atoms with van der Waals surface area (Å²) in [6.45, 7) is 5.91. The molecule has 6 nitrogen and oxygen atoms in total. The molecule has 1 fully saturated rings. The molecule has 0 saturated heterocycles. The van der Waals surface area contributed by atoms with E-state index in [0.29, 0.717) is 17.6 Å².